The van der Waals surface area contributed by atoms with Crippen LogP contribution in [0.1, 0.15) is 11.4 Å². The van der Waals surface area contributed by atoms with Crippen LogP contribution in [0, 0.1) is 6.92 Å². The minimum Gasteiger partial charge on any atom is -0.370 e. The quantitative estimate of drug-likeness (QED) is 0.606. The van der Waals surface area contributed by atoms with Gasteiger partial charge in [0, 0.05) is 54.1 Å². The van der Waals surface area contributed by atoms with E-state index in [0.717, 1.165) is 46.4 Å². The molecule has 0 saturated carbocycles. The molecule has 0 aliphatic carbocycles. The first-order valence-electron chi connectivity index (χ1n) is 7.70. The first-order chi connectivity index (χ1) is 11.8. The summed E-state index contributed by atoms with van der Waals surface area (Å²) in [6.07, 6.45) is 6.22. The van der Waals surface area contributed by atoms with Crippen molar-refractivity contribution in [2.75, 3.05) is 11.9 Å². The Balaban J connectivity index is 1.44. The number of nitrogens with one attached hydrogen (secondary N) is 1. The molecule has 0 aliphatic rings. The van der Waals surface area contributed by atoms with E-state index in [2.05, 4.69) is 30.7 Å². The molecular formula is C17H16N6S. The number of aryl methyl sites for hydroxylation is 1. The fourth-order valence-electron chi connectivity index (χ4n) is 2.53. The molecule has 0 amide bonds. The molecule has 0 fully saturated rings. The Morgan fingerprint density at radius 2 is 2.17 bits per heavy atom. The second-order valence-electron chi connectivity index (χ2n) is 5.45. The van der Waals surface area contributed by atoms with Crippen LogP contribution in [0.5, 0.6) is 0 Å². The molecule has 0 saturated heterocycles. The molecule has 1 N–H and O–H groups in total. The van der Waals surface area contributed by atoms with Crippen molar-refractivity contribution in [2.45, 2.75) is 13.3 Å². The van der Waals surface area contributed by atoms with Gasteiger partial charge in [0.25, 0.3) is 0 Å². The number of rotatable bonds is 5. The summed E-state index contributed by atoms with van der Waals surface area (Å²) >= 11 is 1.65. The Labute approximate surface area is 143 Å². The summed E-state index contributed by atoms with van der Waals surface area (Å²) in [5.74, 6) is 0.949. The molecule has 7 heteroatoms. The summed E-state index contributed by atoms with van der Waals surface area (Å²) in [6, 6.07) is 7.86. The number of nitrogens with zero attached hydrogens (tertiary/aromatic N) is 5. The number of anilines is 1. The molecule has 0 radical (unpaired) electrons. The highest BCUT2D eigenvalue weighted by molar-refractivity contribution is 7.13. The molecule has 0 atom stereocenters. The minimum atomic E-state index is 0.786. The van der Waals surface area contributed by atoms with E-state index in [1.807, 2.05) is 41.9 Å². The van der Waals surface area contributed by atoms with Crippen LogP contribution in [0.4, 0.5) is 5.82 Å². The Hall–Kier alpha value is -2.80. The van der Waals surface area contributed by atoms with Crippen molar-refractivity contribution in [3.63, 3.8) is 0 Å². The van der Waals surface area contributed by atoms with Crippen molar-refractivity contribution < 1.29 is 0 Å². The van der Waals surface area contributed by atoms with Gasteiger partial charge in [-0.25, -0.2) is 9.97 Å². The predicted octanol–water partition coefficient (Wildman–Crippen LogP) is 3.21. The third-order valence-corrected chi connectivity index (χ3v) is 4.58. The van der Waals surface area contributed by atoms with Gasteiger partial charge in [0.15, 0.2) is 5.65 Å². The Kier molecular flexibility index (Phi) is 3.92. The molecule has 0 bridgehead atoms. The number of fused-ring (bicyclic) bond motifs is 1. The SMILES string of the molecule is Cc1cc(NCCc2csc(-c3cccnc3)n2)n2nccc2n1. The lowest BCUT2D eigenvalue weighted by Gasteiger charge is -2.08. The van der Waals surface area contributed by atoms with Gasteiger partial charge in [-0.05, 0) is 19.1 Å². The number of hydrogen-bond donors (Lipinski definition) is 1. The van der Waals surface area contributed by atoms with E-state index in [9.17, 15) is 0 Å². The van der Waals surface area contributed by atoms with E-state index in [0.29, 0.717) is 0 Å². The highest BCUT2D eigenvalue weighted by Gasteiger charge is 2.06. The molecule has 6 nitrogen and oxygen atoms in total. The Morgan fingerprint density at radius 3 is 3.04 bits per heavy atom. The molecule has 0 aromatic carbocycles. The van der Waals surface area contributed by atoms with Gasteiger partial charge in [-0.15, -0.1) is 11.3 Å². The van der Waals surface area contributed by atoms with Crippen molar-refractivity contribution in [1.82, 2.24) is 24.6 Å². The number of pyridine rings is 1. The predicted molar refractivity (Wildman–Crippen MR) is 95.3 cm³/mol. The molecule has 0 spiro atoms. The fraction of sp³-hybridized carbons (Fsp3) is 0.176. The Bertz CT molecular complexity index is 960. The molecule has 0 unspecified atom stereocenters. The van der Waals surface area contributed by atoms with Crippen LogP contribution in [0.25, 0.3) is 16.2 Å². The lowest BCUT2D eigenvalue weighted by molar-refractivity contribution is 0.899. The van der Waals surface area contributed by atoms with E-state index in [-0.39, 0.29) is 0 Å². The van der Waals surface area contributed by atoms with Crippen LogP contribution >= 0.6 is 11.3 Å². The molecular weight excluding hydrogens is 320 g/mol. The van der Waals surface area contributed by atoms with Crippen molar-refractivity contribution in [2.24, 2.45) is 0 Å². The lowest BCUT2D eigenvalue weighted by atomic mass is 10.3. The molecule has 4 heterocycles. The van der Waals surface area contributed by atoms with Crippen LogP contribution in [0.3, 0.4) is 0 Å². The van der Waals surface area contributed by atoms with E-state index in [1.165, 1.54) is 0 Å². The zero-order valence-corrected chi connectivity index (χ0v) is 14.0. The van der Waals surface area contributed by atoms with Gasteiger partial charge in [-0.3, -0.25) is 4.98 Å². The third-order valence-electron chi connectivity index (χ3n) is 3.63. The second kappa shape index (κ2) is 6.37. The molecule has 24 heavy (non-hydrogen) atoms. The monoisotopic (exact) mass is 336 g/mol. The van der Waals surface area contributed by atoms with Crippen LogP contribution in [0.2, 0.25) is 0 Å². The van der Waals surface area contributed by atoms with E-state index in [1.54, 1.807) is 23.7 Å². The number of hydrogen-bond acceptors (Lipinski definition) is 6. The summed E-state index contributed by atoms with van der Waals surface area (Å²) in [5.41, 5.74) is 3.96. The van der Waals surface area contributed by atoms with Crippen LogP contribution in [-0.2, 0) is 6.42 Å². The summed E-state index contributed by atoms with van der Waals surface area (Å²) in [5, 5.41) is 10.8. The maximum atomic E-state index is 4.69. The molecule has 4 aromatic rings. The Morgan fingerprint density at radius 1 is 1.21 bits per heavy atom. The van der Waals surface area contributed by atoms with E-state index < -0.39 is 0 Å². The zero-order valence-electron chi connectivity index (χ0n) is 13.2. The molecule has 4 aromatic heterocycles. The fourth-order valence-corrected chi connectivity index (χ4v) is 3.37. The van der Waals surface area contributed by atoms with Crippen molar-refractivity contribution >= 4 is 22.8 Å². The second-order valence-corrected chi connectivity index (χ2v) is 6.30. The third kappa shape index (κ3) is 2.98. The van der Waals surface area contributed by atoms with Gasteiger partial charge in [0.05, 0.1) is 11.9 Å². The highest BCUT2D eigenvalue weighted by Crippen LogP contribution is 2.22. The standard InChI is InChI=1S/C17H16N6S/c1-12-9-16(23-15(21-12)5-8-20-23)19-7-4-14-11-24-17(22-14)13-3-2-6-18-10-13/h2-3,5-6,8-11,19H,4,7H2,1H3. The summed E-state index contributed by atoms with van der Waals surface area (Å²) in [4.78, 5) is 13.3. The average molecular weight is 336 g/mol. The summed E-state index contributed by atoms with van der Waals surface area (Å²) in [7, 11) is 0. The minimum absolute atomic E-state index is 0.786. The van der Waals surface area contributed by atoms with Crippen LogP contribution in [-0.4, -0.2) is 31.1 Å². The number of aromatic nitrogens is 5. The van der Waals surface area contributed by atoms with Crippen molar-refractivity contribution in [3.05, 3.63) is 59.6 Å². The molecule has 4 rings (SSSR count). The average Bonchev–Trinajstić information content (AvgIpc) is 3.25. The van der Waals surface area contributed by atoms with Crippen molar-refractivity contribution in [1.29, 1.82) is 0 Å². The van der Waals surface area contributed by atoms with Crippen molar-refractivity contribution in [3.8, 4) is 10.6 Å². The zero-order chi connectivity index (χ0) is 16.4. The van der Waals surface area contributed by atoms with E-state index >= 15 is 0 Å². The van der Waals surface area contributed by atoms with Gasteiger partial charge in [-0.2, -0.15) is 9.61 Å². The van der Waals surface area contributed by atoms with Gasteiger partial charge in [0.1, 0.15) is 10.8 Å². The number of thiazole rings is 1. The first kappa shape index (κ1) is 14.8. The van der Waals surface area contributed by atoms with Crippen LogP contribution in [0.15, 0.2) is 48.2 Å². The van der Waals surface area contributed by atoms with Gasteiger partial charge >= 0.3 is 0 Å². The lowest BCUT2D eigenvalue weighted by Crippen LogP contribution is -2.10. The molecule has 120 valence electrons. The maximum Gasteiger partial charge on any atom is 0.157 e. The normalized spacial score (nSPS) is 11.0. The van der Waals surface area contributed by atoms with E-state index in [4.69, 9.17) is 0 Å². The summed E-state index contributed by atoms with van der Waals surface area (Å²) < 4.78 is 1.81. The topological polar surface area (TPSA) is 68.0 Å². The largest absolute Gasteiger partial charge is 0.370 e. The van der Waals surface area contributed by atoms with Gasteiger partial charge in [-0.1, -0.05) is 0 Å². The smallest absolute Gasteiger partial charge is 0.157 e. The van der Waals surface area contributed by atoms with Gasteiger partial charge < -0.3 is 5.32 Å². The maximum absolute atomic E-state index is 4.69. The first-order valence-corrected chi connectivity index (χ1v) is 8.57. The molecule has 0 aliphatic heterocycles. The summed E-state index contributed by atoms with van der Waals surface area (Å²) in [6.45, 7) is 2.77. The van der Waals surface area contributed by atoms with Gasteiger partial charge in [0.2, 0.25) is 0 Å². The van der Waals surface area contributed by atoms with Crippen LogP contribution < -0.4 is 5.32 Å². The highest BCUT2D eigenvalue weighted by atomic mass is 32.1.